The maximum atomic E-state index is 13.0. The molecule has 4 nitrogen and oxygen atoms in total. The number of rotatable bonds is 3. The smallest absolute Gasteiger partial charge is 0.265 e. The zero-order valence-electron chi connectivity index (χ0n) is 12.1. The summed E-state index contributed by atoms with van der Waals surface area (Å²) in [6, 6.07) is 6.18. The van der Waals surface area contributed by atoms with Crippen molar-refractivity contribution in [2.24, 2.45) is 0 Å². The number of aromatic nitrogens is 1. The number of hydrogen-bond acceptors (Lipinski definition) is 4. The van der Waals surface area contributed by atoms with Crippen LogP contribution in [0, 0.1) is 5.82 Å². The number of nitrogens with one attached hydrogen (secondary N) is 1. The quantitative estimate of drug-likeness (QED) is 0.908. The van der Waals surface area contributed by atoms with Crippen LogP contribution in [0.25, 0.3) is 11.3 Å². The Kier molecular flexibility index (Phi) is 4.38. The molecule has 2 aromatic rings. The van der Waals surface area contributed by atoms with Crippen LogP contribution >= 0.6 is 11.5 Å². The van der Waals surface area contributed by atoms with Crippen molar-refractivity contribution in [2.75, 3.05) is 5.73 Å². The molecular formula is C16H18FN3OS. The number of carbonyl (C=O) groups is 1. The topological polar surface area (TPSA) is 68.0 Å². The molecule has 3 N–H and O–H groups in total. The van der Waals surface area contributed by atoms with Gasteiger partial charge in [-0.3, -0.25) is 4.79 Å². The van der Waals surface area contributed by atoms with E-state index in [9.17, 15) is 9.18 Å². The van der Waals surface area contributed by atoms with Crippen molar-refractivity contribution < 1.29 is 9.18 Å². The fourth-order valence-electron chi connectivity index (χ4n) is 2.77. The molecule has 1 aromatic carbocycles. The molecule has 22 heavy (non-hydrogen) atoms. The van der Waals surface area contributed by atoms with Crippen molar-refractivity contribution in [2.45, 2.75) is 38.1 Å². The second-order valence-electron chi connectivity index (χ2n) is 5.59. The SMILES string of the molecule is Nc1c(-c2ccc(F)cc2)nsc1C(=O)NC1CCCCC1. The summed E-state index contributed by atoms with van der Waals surface area (Å²) >= 11 is 1.09. The summed E-state index contributed by atoms with van der Waals surface area (Å²) < 4.78 is 17.2. The number of amides is 1. The van der Waals surface area contributed by atoms with Gasteiger partial charge >= 0.3 is 0 Å². The van der Waals surface area contributed by atoms with Crippen LogP contribution in [0.4, 0.5) is 10.1 Å². The minimum absolute atomic E-state index is 0.157. The lowest BCUT2D eigenvalue weighted by molar-refractivity contribution is 0.0932. The average molecular weight is 319 g/mol. The van der Waals surface area contributed by atoms with Gasteiger partial charge in [-0.15, -0.1) is 0 Å². The third-order valence-electron chi connectivity index (χ3n) is 3.99. The van der Waals surface area contributed by atoms with E-state index in [1.165, 1.54) is 18.6 Å². The Labute approximate surface area is 132 Å². The molecule has 0 aliphatic heterocycles. The van der Waals surface area contributed by atoms with E-state index in [1.54, 1.807) is 12.1 Å². The Morgan fingerprint density at radius 1 is 1.23 bits per heavy atom. The van der Waals surface area contributed by atoms with Gasteiger partial charge in [0.2, 0.25) is 0 Å². The highest BCUT2D eigenvalue weighted by Gasteiger charge is 2.22. The molecule has 1 aliphatic rings. The molecule has 0 spiro atoms. The van der Waals surface area contributed by atoms with Crippen molar-refractivity contribution in [1.29, 1.82) is 0 Å². The van der Waals surface area contributed by atoms with E-state index in [1.807, 2.05) is 0 Å². The Hall–Kier alpha value is -1.95. The first kappa shape index (κ1) is 15.0. The highest BCUT2D eigenvalue weighted by atomic mass is 32.1. The fourth-order valence-corrected chi connectivity index (χ4v) is 3.50. The lowest BCUT2D eigenvalue weighted by atomic mass is 9.95. The minimum atomic E-state index is -0.312. The van der Waals surface area contributed by atoms with Gasteiger partial charge in [0.25, 0.3) is 5.91 Å². The molecule has 0 atom stereocenters. The van der Waals surface area contributed by atoms with Crippen LogP contribution in [-0.2, 0) is 0 Å². The number of nitrogen functional groups attached to an aromatic ring is 1. The first-order valence-electron chi connectivity index (χ1n) is 7.47. The molecule has 0 bridgehead atoms. The van der Waals surface area contributed by atoms with Gasteiger partial charge in [0.15, 0.2) is 0 Å². The molecule has 0 saturated heterocycles. The molecular weight excluding hydrogens is 301 g/mol. The first-order valence-corrected chi connectivity index (χ1v) is 8.24. The molecule has 116 valence electrons. The number of halogens is 1. The van der Waals surface area contributed by atoms with Crippen LogP contribution in [0.3, 0.4) is 0 Å². The molecule has 0 radical (unpaired) electrons. The summed E-state index contributed by atoms with van der Waals surface area (Å²) in [5.74, 6) is -0.469. The maximum Gasteiger partial charge on any atom is 0.265 e. The fraction of sp³-hybridized carbons (Fsp3) is 0.375. The molecule has 1 heterocycles. The zero-order valence-corrected chi connectivity index (χ0v) is 13.0. The lowest BCUT2D eigenvalue weighted by Crippen LogP contribution is -2.36. The predicted molar refractivity (Wildman–Crippen MR) is 86.3 cm³/mol. The van der Waals surface area contributed by atoms with Crippen molar-refractivity contribution >= 4 is 23.1 Å². The van der Waals surface area contributed by atoms with E-state index in [4.69, 9.17) is 5.73 Å². The van der Waals surface area contributed by atoms with E-state index in [2.05, 4.69) is 9.69 Å². The summed E-state index contributed by atoms with van der Waals surface area (Å²) in [5.41, 5.74) is 7.69. The summed E-state index contributed by atoms with van der Waals surface area (Å²) in [6.07, 6.45) is 5.60. The van der Waals surface area contributed by atoms with Gasteiger partial charge in [0.05, 0.1) is 5.69 Å². The van der Waals surface area contributed by atoms with Crippen LogP contribution in [0.2, 0.25) is 0 Å². The Balaban J connectivity index is 1.77. The van der Waals surface area contributed by atoms with E-state index < -0.39 is 0 Å². The number of nitrogens with zero attached hydrogens (tertiary/aromatic N) is 1. The molecule has 1 fully saturated rings. The van der Waals surface area contributed by atoms with Gasteiger partial charge in [-0.05, 0) is 48.6 Å². The second-order valence-corrected chi connectivity index (χ2v) is 6.36. The van der Waals surface area contributed by atoms with Gasteiger partial charge in [0, 0.05) is 11.6 Å². The Morgan fingerprint density at radius 3 is 2.59 bits per heavy atom. The van der Waals surface area contributed by atoms with E-state index in [0.717, 1.165) is 37.2 Å². The van der Waals surface area contributed by atoms with Crippen LogP contribution in [0.1, 0.15) is 41.8 Å². The van der Waals surface area contributed by atoms with Gasteiger partial charge in [-0.2, -0.15) is 4.37 Å². The Morgan fingerprint density at radius 2 is 1.91 bits per heavy atom. The molecule has 1 saturated carbocycles. The summed E-state index contributed by atoms with van der Waals surface area (Å²) in [7, 11) is 0. The van der Waals surface area contributed by atoms with Crippen LogP contribution in [0.5, 0.6) is 0 Å². The van der Waals surface area contributed by atoms with Crippen LogP contribution in [-0.4, -0.2) is 16.3 Å². The predicted octanol–water partition coefficient (Wildman–Crippen LogP) is 3.59. The minimum Gasteiger partial charge on any atom is -0.396 e. The summed E-state index contributed by atoms with van der Waals surface area (Å²) in [4.78, 5) is 12.8. The van der Waals surface area contributed by atoms with Gasteiger partial charge in [-0.25, -0.2) is 4.39 Å². The molecule has 1 amide bonds. The molecule has 6 heteroatoms. The average Bonchev–Trinajstić information content (AvgIpc) is 2.91. The van der Waals surface area contributed by atoms with Gasteiger partial charge in [0.1, 0.15) is 16.4 Å². The summed E-state index contributed by atoms with van der Waals surface area (Å²) in [6.45, 7) is 0. The van der Waals surface area contributed by atoms with E-state index in [0.29, 0.717) is 21.8 Å². The highest BCUT2D eigenvalue weighted by Crippen LogP contribution is 2.31. The highest BCUT2D eigenvalue weighted by molar-refractivity contribution is 7.09. The number of anilines is 1. The largest absolute Gasteiger partial charge is 0.396 e. The second kappa shape index (κ2) is 6.44. The monoisotopic (exact) mass is 319 g/mol. The standard InChI is InChI=1S/C16H18FN3OS/c17-11-8-6-10(7-9-11)14-13(18)15(22-20-14)16(21)19-12-4-2-1-3-5-12/h6-9,12H,1-5,18H2,(H,19,21). The molecule has 0 unspecified atom stereocenters. The normalized spacial score (nSPS) is 15.7. The number of carbonyl (C=O) groups excluding carboxylic acids is 1. The van der Waals surface area contributed by atoms with Crippen LogP contribution < -0.4 is 11.1 Å². The molecule has 1 aromatic heterocycles. The summed E-state index contributed by atoms with van der Waals surface area (Å²) in [5, 5.41) is 3.04. The number of hydrogen-bond donors (Lipinski definition) is 2. The molecule has 3 rings (SSSR count). The van der Waals surface area contributed by atoms with Crippen molar-refractivity contribution in [3.8, 4) is 11.3 Å². The number of benzene rings is 1. The molecule has 1 aliphatic carbocycles. The Bertz CT molecular complexity index is 663. The maximum absolute atomic E-state index is 13.0. The third-order valence-corrected chi connectivity index (χ3v) is 4.85. The van der Waals surface area contributed by atoms with Gasteiger partial charge in [-0.1, -0.05) is 19.3 Å². The lowest BCUT2D eigenvalue weighted by Gasteiger charge is -2.22. The van der Waals surface area contributed by atoms with E-state index in [-0.39, 0.29) is 17.8 Å². The van der Waals surface area contributed by atoms with Crippen LogP contribution in [0.15, 0.2) is 24.3 Å². The van der Waals surface area contributed by atoms with E-state index >= 15 is 0 Å². The number of nitrogens with two attached hydrogens (primary N) is 1. The zero-order chi connectivity index (χ0) is 15.5. The third kappa shape index (κ3) is 3.11. The van der Waals surface area contributed by atoms with Crippen molar-refractivity contribution in [3.63, 3.8) is 0 Å². The van der Waals surface area contributed by atoms with Crippen molar-refractivity contribution in [1.82, 2.24) is 9.69 Å². The first-order chi connectivity index (χ1) is 10.6. The van der Waals surface area contributed by atoms with Crippen molar-refractivity contribution in [3.05, 3.63) is 35.0 Å². The van der Waals surface area contributed by atoms with Gasteiger partial charge < -0.3 is 11.1 Å².